The van der Waals surface area contributed by atoms with Crippen molar-refractivity contribution in [3.63, 3.8) is 0 Å². The highest BCUT2D eigenvalue weighted by molar-refractivity contribution is 7.91. The lowest BCUT2D eigenvalue weighted by atomic mass is 9.88. The average molecular weight is 296 g/mol. The van der Waals surface area contributed by atoms with Crippen LogP contribution >= 0.6 is 0 Å². The zero-order valence-electron chi connectivity index (χ0n) is 11.9. The number of rotatable bonds is 4. The molecular weight excluding hydrogens is 276 g/mol. The zero-order chi connectivity index (χ0) is 15.0. The molecule has 1 aliphatic carbocycles. The van der Waals surface area contributed by atoms with Crippen LogP contribution in [0.1, 0.15) is 32.8 Å². The van der Waals surface area contributed by atoms with Gasteiger partial charge in [0.05, 0.1) is 12.8 Å². The van der Waals surface area contributed by atoms with Crippen LogP contribution in [-0.4, -0.2) is 34.1 Å². The molecule has 1 aromatic heterocycles. The molecular formula is C14H20N2O3S. The smallest absolute Gasteiger partial charge is 0.263 e. The third kappa shape index (κ3) is 2.33. The summed E-state index contributed by atoms with van der Waals surface area (Å²) in [7, 11) is -3.62. The lowest BCUT2D eigenvalue weighted by Gasteiger charge is -2.26. The Hall–Kier alpha value is -1.40. The fourth-order valence-corrected chi connectivity index (χ4v) is 3.40. The first-order chi connectivity index (χ1) is 9.23. The van der Waals surface area contributed by atoms with E-state index in [0.29, 0.717) is 12.0 Å². The van der Waals surface area contributed by atoms with Gasteiger partial charge >= 0.3 is 0 Å². The first-order valence-corrected chi connectivity index (χ1v) is 7.92. The van der Waals surface area contributed by atoms with Crippen molar-refractivity contribution in [2.24, 2.45) is 0 Å². The van der Waals surface area contributed by atoms with Crippen molar-refractivity contribution >= 4 is 10.0 Å². The standard InChI is InChI=1S/C14H20N2O3S/c1-13(2,11-17)12-9-15-16(10-12)20(18,19)14(3)7-5-4-6-8-14/h4-7,9-10,17H,8,11H2,1-3H3. The fourth-order valence-electron chi connectivity index (χ4n) is 1.99. The molecule has 0 fully saturated rings. The second-order valence-corrected chi connectivity index (χ2v) is 8.21. The van der Waals surface area contributed by atoms with Gasteiger partial charge in [-0.2, -0.15) is 9.19 Å². The molecule has 1 unspecified atom stereocenters. The van der Waals surface area contributed by atoms with E-state index in [0.717, 1.165) is 4.09 Å². The van der Waals surface area contributed by atoms with Crippen LogP contribution in [0.3, 0.4) is 0 Å². The number of nitrogens with zero attached hydrogens (tertiary/aromatic N) is 2. The molecule has 6 heteroatoms. The van der Waals surface area contributed by atoms with E-state index in [1.54, 1.807) is 19.1 Å². The Morgan fingerprint density at radius 2 is 2.15 bits per heavy atom. The molecule has 0 bridgehead atoms. The van der Waals surface area contributed by atoms with E-state index < -0.39 is 20.2 Å². The molecule has 0 aromatic carbocycles. The number of aliphatic hydroxyl groups excluding tert-OH is 1. The highest BCUT2D eigenvalue weighted by Crippen LogP contribution is 2.29. The van der Waals surface area contributed by atoms with Gasteiger partial charge in [0.2, 0.25) is 0 Å². The first-order valence-electron chi connectivity index (χ1n) is 6.48. The molecule has 0 saturated carbocycles. The molecule has 110 valence electrons. The minimum absolute atomic E-state index is 0.0708. The van der Waals surface area contributed by atoms with Gasteiger partial charge in [-0.25, -0.2) is 8.42 Å². The van der Waals surface area contributed by atoms with E-state index in [9.17, 15) is 13.5 Å². The van der Waals surface area contributed by atoms with Crippen LogP contribution < -0.4 is 0 Å². The number of aromatic nitrogens is 2. The maximum Gasteiger partial charge on any atom is 0.263 e. The van der Waals surface area contributed by atoms with Crippen LogP contribution in [0.5, 0.6) is 0 Å². The van der Waals surface area contributed by atoms with Gasteiger partial charge in [0.25, 0.3) is 10.0 Å². The third-order valence-corrected chi connectivity index (χ3v) is 5.97. The maximum absolute atomic E-state index is 12.7. The Bertz CT molecular complexity index is 656. The fraction of sp³-hybridized carbons (Fsp3) is 0.500. The van der Waals surface area contributed by atoms with Gasteiger partial charge in [0.1, 0.15) is 4.75 Å². The summed E-state index contributed by atoms with van der Waals surface area (Å²) < 4.78 is 25.4. The molecule has 1 atom stereocenters. The van der Waals surface area contributed by atoms with Gasteiger partial charge < -0.3 is 5.11 Å². The van der Waals surface area contributed by atoms with E-state index in [4.69, 9.17) is 0 Å². The predicted molar refractivity (Wildman–Crippen MR) is 78.0 cm³/mol. The quantitative estimate of drug-likeness (QED) is 0.916. The Labute approximate surface area is 119 Å². The van der Waals surface area contributed by atoms with Gasteiger partial charge in [-0.05, 0) is 18.9 Å². The molecule has 1 heterocycles. The lowest BCUT2D eigenvalue weighted by molar-refractivity contribution is 0.218. The van der Waals surface area contributed by atoms with Crippen molar-refractivity contribution in [1.82, 2.24) is 9.19 Å². The Kier molecular flexibility index (Phi) is 3.64. The van der Waals surface area contributed by atoms with Crippen molar-refractivity contribution in [2.75, 3.05) is 6.61 Å². The van der Waals surface area contributed by atoms with E-state index >= 15 is 0 Å². The second kappa shape index (κ2) is 4.86. The number of hydrogen-bond donors (Lipinski definition) is 1. The summed E-state index contributed by atoms with van der Waals surface area (Å²) in [6.07, 6.45) is 10.5. The molecule has 0 spiro atoms. The molecule has 20 heavy (non-hydrogen) atoms. The van der Waals surface area contributed by atoms with Crippen LogP contribution in [0.25, 0.3) is 0 Å². The molecule has 1 aromatic rings. The van der Waals surface area contributed by atoms with E-state index in [1.807, 2.05) is 26.0 Å². The minimum Gasteiger partial charge on any atom is -0.395 e. The van der Waals surface area contributed by atoms with Crippen LogP contribution in [0.15, 0.2) is 36.7 Å². The lowest BCUT2D eigenvalue weighted by Crippen LogP contribution is -2.38. The van der Waals surface area contributed by atoms with Crippen molar-refractivity contribution < 1.29 is 13.5 Å². The highest BCUT2D eigenvalue weighted by atomic mass is 32.2. The molecule has 0 aliphatic heterocycles. The maximum atomic E-state index is 12.7. The first kappa shape index (κ1) is 15.0. The topological polar surface area (TPSA) is 72.2 Å². The third-order valence-electron chi connectivity index (χ3n) is 3.79. The summed E-state index contributed by atoms with van der Waals surface area (Å²) in [4.78, 5) is 0. The molecule has 0 amide bonds. The largest absolute Gasteiger partial charge is 0.395 e. The Morgan fingerprint density at radius 1 is 1.45 bits per heavy atom. The van der Waals surface area contributed by atoms with Crippen LogP contribution in [0.2, 0.25) is 0 Å². The summed E-state index contributed by atoms with van der Waals surface area (Å²) in [6, 6.07) is 0. The number of hydrogen-bond acceptors (Lipinski definition) is 4. The van der Waals surface area contributed by atoms with Gasteiger partial charge in [-0.15, -0.1) is 0 Å². The van der Waals surface area contributed by atoms with Crippen molar-refractivity contribution in [1.29, 1.82) is 0 Å². The van der Waals surface area contributed by atoms with Gasteiger partial charge in [0.15, 0.2) is 0 Å². The Balaban J connectivity index is 2.42. The summed E-state index contributed by atoms with van der Waals surface area (Å²) in [5.41, 5.74) is 0.180. The molecule has 2 rings (SSSR count). The summed E-state index contributed by atoms with van der Waals surface area (Å²) in [5.74, 6) is 0. The molecule has 1 aliphatic rings. The van der Waals surface area contributed by atoms with Crippen molar-refractivity contribution in [3.05, 3.63) is 42.3 Å². The SMILES string of the molecule is CC(C)(CO)c1cnn(S(=O)(=O)C2(C)C=CC=CC2)c1. The molecule has 5 nitrogen and oxygen atoms in total. The molecule has 0 saturated heterocycles. The zero-order valence-corrected chi connectivity index (χ0v) is 12.8. The second-order valence-electron chi connectivity index (χ2n) is 5.95. The monoisotopic (exact) mass is 296 g/mol. The summed E-state index contributed by atoms with van der Waals surface area (Å²) in [6.45, 7) is 5.29. The van der Waals surface area contributed by atoms with Crippen molar-refractivity contribution in [2.45, 2.75) is 37.4 Å². The van der Waals surface area contributed by atoms with Gasteiger partial charge in [0, 0.05) is 11.6 Å². The highest BCUT2D eigenvalue weighted by Gasteiger charge is 2.39. The number of aliphatic hydroxyl groups is 1. The predicted octanol–water partition coefficient (Wildman–Crippen LogP) is 1.61. The summed E-state index contributed by atoms with van der Waals surface area (Å²) in [5, 5.41) is 13.3. The van der Waals surface area contributed by atoms with Gasteiger partial charge in [-0.3, -0.25) is 0 Å². The average Bonchev–Trinajstić information content (AvgIpc) is 2.90. The van der Waals surface area contributed by atoms with Gasteiger partial charge in [-0.1, -0.05) is 38.2 Å². The van der Waals surface area contributed by atoms with Crippen LogP contribution in [0.4, 0.5) is 0 Å². The van der Waals surface area contributed by atoms with Crippen LogP contribution in [-0.2, 0) is 15.4 Å². The summed E-state index contributed by atoms with van der Waals surface area (Å²) >= 11 is 0. The van der Waals surface area contributed by atoms with E-state index in [1.165, 1.54) is 12.4 Å². The number of allylic oxidation sites excluding steroid dienone is 3. The normalized spacial score (nSPS) is 23.2. The van der Waals surface area contributed by atoms with Crippen molar-refractivity contribution in [3.8, 4) is 0 Å². The minimum atomic E-state index is -3.62. The van der Waals surface area contributed by atoms with E-state index in [2.05, 4.69) is 5.10 Å². The Morgan fingerprint density at radius 3 is 2.70 bits per heavy atom. The van der Waals surface area contributed by atoms with Crippen LogP contribution in [0, 0.1) is 0 Å². The molecule has 1 N–H and O–H groups in total. The molecule has 0 radical (unpaired) electrons. The van der Waals surface area contributed by atoms with E-state index in [-0.39, 0.29) is 6.61 Å².